The Morgan fingerprint density at radius 2 is 2.00 bits per heavy atom. The Balaban J connectivity index is 3.39. The number of carbonyl (C=O) groups excluding carboxylic acids is 1. The first-order valence-corrected chi connectivity index (χ1v) is 5.69. The predicted molar refractivity (Wildman–Crippen MR) is 65.2 cm³/mol. The Morgan fingerprint density at radius 1 is 1.41 bits per heavy atom. The first-order valence-electron chi connectivity index (χ1n) is 4.90. The summed E-state index contributed by atoms with van der Waals surface area (Å²) in [6, 6.07) is 1.37. The Morgan fingerprint density at radius 3 is 2.47 bits per heavy atom. The molecule has 0 spiro atoms. The molecule has 0 unspecified atom stereocenters. The molecule has 0 bridgehead atoms. The minimum atomic E-state index is -0.603. The van der Waals surface area contributed by atoms with Crippen molar-refractivity contribution in [3.05, 3.63) is 21.9 Å². The van der Waals surface area contributed by atoms with E-state index in [4.69, 9.17) is 15.2 Å². The second kappa shape index (κ2) is 5.97. The van der Waals surface area contributed by atoms with Crippen LogP contribution in [-0.4, -0.2) is 26.5 Å². The smallest absolute Gasteiger partial charge is 0.198 e. The molecule has 0 aromatic heterocycles. The molecule has 94 valence electrons. The summed E-state index contributed by atoms with van der Waals surface area (Å²) >= 11 is 3.03. The lowest BCUT2D eigenvalue weighted by atomic mass is 10.1. The summed E-state index contributed by atoms with van der Waals surface area (Å²) in [5.41, 5.74) is 5.57. The van der Waals surface area contributed by atoms with Gasteiger partial charge in [-0.15, -0.1) is 0 Å². The number of halogens is 2. The minimum Gasteiger partial charge on any atom is -0.492 e. The molecule has 17 heavy (non-hydrogen) atoms. The van der Waals surface area contributed by atoms with Crippen molar-refractivity contribution in [1.82, 2.24) is 0 Å². The van der Waals surface area contributed by atoms with E-state index in [0.29, 0.717) is 0 Å². The highest BCUT2D eigenvalue weighted by Gasteiger charge is 2.22. The van der Waals surface area contributed by atoms with Gasteiger partial charge in [0, 0.05) is 6.42 Å². The van der Waals surface area contributed by atoms with Crippen LogP contribution in [0, 0.1) is 5.82 Å². The molecule has 0 aliphatic carbocycles. The molecule has 0 amide bonds. The lowest BCUT2D eigenvalue weighted by molar-refractivity contribution is 0.0981. The van der Waals surface area contributed by atoms with Crippen molar-refractivity contribution in [1.29, 1.82) is 0 Å². The lowest BCUT2D eigenvalue weighted by Crippen LogP contribution is -2.10. The van der Waals surface area contributed by atoms with Crippen LogP contribution >= 0.6 is 15.9 Å². The normalized spacial score (nSPS) is 10.2. The first-order chi connectivity index (χ1) is 8.06. The molecule has 0 aliphatic heterocycles. The fourth-order valence-corrected chi connectivity index (χ4v) is 1.85. The van der Waals surface area contributed by atoms with Gasteiger partial charge in [-0.25, -0.2) is 4.39 Å². The summed E-state index contributed by atoms with van der Waals surface area (Å²) in [7, 11) is 2.66. The summed E-state index contributed by atoms with van der Waals surface area (Å²) in [6.45, 7) is 0.222. The number of benzene rings is 1. The third-order valence-electron chi connectivity index (χ3n) is 2.21. The Kier molecular flexibility index (Phi) is 4.89. The van der Waals surface area contributed by atoms with E-state index in [1.807, 2.05) is 0 Å². The number of nitrogens with two attached hydrogens (primary N) is 1. The van der Waals surface area contributed by atoms with E-state index in [-0.39, 0.29) is 40.3 Å². The predicted octanol–water partition coefficient (Wildman–Crippen LogP) is 2.14. The third kappa shape index (κ3) is 2.76. The Hall–Kier alpha value is -1.14. The fraction of sp³-hybridized carbons (Fsp3) is 0.364. The maximum absolute atomic E-state index is 13.7. The van der Waals surface area contributed by atoms with Crippen LogP contribution in [0.3, 0.4) is 0 Å². The second-order valence-electron chi connectivity index (χ2n) is 3.25. The van der Waals surface area contributed by atoms with Crippen molar-refractivity contribution in [2.75, 3.05) is 20.8 Å². The van der Waals surface area contributed by atoms with Gasteiger partial charge in [0.15, 0.2) is 23.1 Å². The molecule has 0 saturated carbocycles. The van der Waals surface area contributed by atoms with Gasteiger partial charge in [-0.2, -0.15) is 0 Å². The van der Waals surface area contributed by atoms with Crippen molar-refractivity contribution in [3.8, 4) is 11.5 Å². The maximum atomic E-state index is 13.7. The summed E-state index contributed by atoms with van der Waals surface area (Å²) < 4.78 is 23.8. The standard InChI is InChI=1S/C11H13BrFNO3/c1-16-10-6(8(15)3-4-14)5-7(12)9(13)11(10)17-2/h5H,3-4,14H2,1-2H3. The molecule has 6 heteroatoms. The van der Waals surface area contributed by atoms with Crippen molar-refractivity contribution in [3.63, 3.8) is 0 Å². The van der Waals surface area contributed by atoms with Gasteiger partial charge >= 0.3 is 0 Å². The summed E-state index contributed by atoms with van der Waals surface area (Å²) in [5, 5.41) is 0. The topological polar surface area (TPSA) is 61.5 Å². The Labute approximate surface area is 107 Å². The highest BCUT2D eigenvalue weighted by Crippen LogP contribution is 2.38. The van der Waals surface area contributed by atoms with E-state index in [1.165, 1.54) is 20.3 Å². The molecule has 1 aromatic carbocycles. The number of hydrogen-bond acceptors (Lipinski definition) is 4. The van der Waals surface area contributed by atoms with Crippen LogP contribution in [0.25, 0.3) is 0 Å². The largest absolute Gasteiger partial charge is 0.492 e. The summed E-state index contributed by atoms with van der Waals surface area (Å²) in [5.74, 6) is -0.828. The van der Waals surface area contributed by atoms with Crippen LogP contribution in [0.15, 0.2) is 10.5 Å². The minimum absolute atomic E-state index is 0.0895. The molecule has 1 aromatic rings. The van der Waals surface area contributed by atoms with Gasteiger partial charge in [0.2, 0.25) is 0 Å². The first kappa shape index (κ1) is 13.9. The SMILES string of the molecule is COc1c(C(=O)CCN)cc(Br)c(F)c1OC. The second-order valence-corrected chi connectivity index (χ2v) is 4.10. The van der Waals surface area contributed by atoms with Gasteiger partial charge in [-0.05, 0) is 28.5 Å². The summed E-state index contributed by atoms with van der Waals surface area (Å²) in [6.07, 6.45) is 0.164. The number of carbonyl (C=O) groups is 1. The molecular formula is C11H13BrFNO3. The third-order valence-corrected chi connectivity index (χ3v) is 2.79. The van der Waals surface area contributed by atoms with Gasteiger partial charge in [-0.1, -0.05) is 0 Å². The zero-order chi connectivity index (χ0) is 13.0. The molecular weight excluding hydrogens is 293 g/mol. The molecule has 0 aliphatic rings. The zero-order valence-corrected chi connectivity index (χ0v) is 11.1. The average Bonchev–Trinajstić information content (AvgIpc) is 2.32. The summed E-state index contributed by atoms with van der Waals surface area (Å²) in [4.78, 5) is 11.8. The molecule has 2 N–H and O–H groups in total. The van der Waals surface area contributed by atoms with Crippen molar-refractivity contribution < 1.29 is 18.7 Å². The van der Waals surface area contributed by atoms with E-state index in [9.17, 15) is 9.18 Å². The van der Waals surface area contributed by atoms with Crippen molar-refractivity contribution in [2.24, 2.45) is 5.73 Å². The number of methoxy groups -OCH3 is 2. The van der Waals surface area contributed by atoms with E-state index in [0.717, 1.165) is 0 Å². The van der Waals surface area contributed by atoms with Gasteiger partial charge in [-0.3, -0.25) is 4.79 Å². The fourth-order valence-electron chi connectivity index (χ4n) is 1.44. The van der Waals surface area contributed by atoms with E-state index in [1.54, 1.807) is 0 Å². The molecule has 0 saturated heterocycles. The highest BCUT2D eigenvalue weighted by molar-refractivity contribution is 9.10. The van der Waals surface area contributed by atoms with Crippen LogP contribution in [0.5, 0.6) is 11.5 Å². The number of hydrogen-bond donors (Lipinski definition) is 1. The molecule has 0 fully saturated rings. The number of rotatable bonds is 5. The number of Topliss-reactive ketones (excluding diaryl/α,β-unsaturated/α-hetero) is 1. The molecule has 0 radical (unpaired) electrons. The molecule has 0 heterocycles. The van der Waals surface area contributed by atoms with Crippen LogP contribution in [0.2, 0.25) is 0 Å². The van der Waals surface area contributed by atoms with Crippen molar-refractivity contribution >= 4 is 21.7 Å². The van der Waals surface area contributed by atoms with Crippen LogP contribution in [-0.2, 0) is 0 Å². The van der Waals surface area contributed by atoms with Gasteiger partial charge in [0.05, 0.1) is 24.3 Å². The van der Waals surface area contributed by atoms with Crippen LogP contribution < -0.4 is 15.2 Å². The zero-order valence-electron chi connectivity index (χ0n) is 9.55. The maximum Gasteiger partial charge on any atom is 0.198 e. The number of ketones is 1. The molecule has 1 rings (SSSR count). The van der Waals surface area contributed by atoms with E-state index < -0.39 is 5.82 Å². The Bertz CT molecular complexity index is 437. The highest BCUT2D eigenvalue weighted by atomic mass is 79.9. The van der Waals surface area contributed by atoms with E-state index >= 15 is 0 Å². The van der Waals surface area contributed by atoms with Gasteiger partial charge in [0.1, 0.15) is 0 Å². The van der Waals surface area contributed by atoms with Gasteiger partial charge in [0.25, 0.3) is 0 Å². The van der Waals surface area contributed by atoms with E-state index in [2.05, 4.69) is 15.9 Å². The molecule has 0 atom stereocenters. The molecule has 4 nitrogen and oxygen atoms in total. The lowest BCUT2D eigenvalue weighted by Gasteiger charge is -2.13. The van der Waals surface area contributed by atoms with Gasteiger partial charge < -0.3 is 15.2 Å². The van der Waals surface area contributed by atoms with Crippen molar-refractivity contribution in [2.45, 2.75) is 6.42 Å². The monoisotopic (exact) mass is 305 g/mol. The quantitative estimate of drug-likeness (QED) is 0.847. The average molecular weight is 306 g/mol. The number of ether oxygens (including phenoxy) is 2. The van der Waals surface area contributed by atoms with Crippen LogP contribution in [0.1, 0.15) is 16.8 Å². The van der Waals surface area contributed by atoms with Crippen LogP contribution in [0.4, 0.5) is 4.39 Å².